The van der Waals surface area contributed by atoms with Crippen molar-refractivity contribution in [1.82, 2.24) is 25.1 Å². The van der Waals surface area contributed by atoms with Crippen molar-refractivity contribution in [3.63, 3.8) is 0 Å². The highest BCUT2D eigenvalue weighted by atomic mass is 16.2. The second-order valence-electron chi connectivity index (χ2n) is 5.36. The van der Waals surface area contributed by atoms with Gasteiger partial charge in [-0.2, -0.15) is 5.10 Å². The van der Waals surface area contributed by atoms with Crippen molar-refractivity contribution in [2.75, 3.05) is 31.1 Å². The molecule has 1 saturated heterocycles. The van der Waals surface area contributed by atoms with Gasteiger partial charge in [0.05, 0.1) is 17.6 Å². The van der Waals surface area contributed by atoms with Crippen LogP contribution in [0.4, 0.5) is 5.82 Å². The highest BCUT2D eigenvalue weighted by molar-refractivity contribution is 5.92. The van der Waals surface area contributed by atoms with Crippen LogP contribution in [-0.2, 0) is 0 Å². The van der Waals surface area contributed by atoms with Gasteiger partial charge in [-0.25, -0.2) is 4.98 Å². The van der Waals surface area contributed by atoms with Crippen LogP contribution in [0.25, 0.3) is 0 Å². The molecule has 2 aromatic rings. The van der Waals surface area contributed by atoms with Crippen LogP contribution in [0, 0.1) is 13.8 Å². The van der Waals surface area contributed by atoms with Gasteiger partial charge in [-0.3, -0.25) is 9.78 Å². The Morgan fingerprint density at radius 3 is 2.32 bits per heavy atom. The van der Waals surface area contributed by atoms with Crippen LogP contribution in [0.5, 0.6) is 0 Å². The van der Waals surface area contributed by atoms with Crippen LogP contribution < -0.4 is 4.90 Å². The highest BCUT2D eigenvalue weighted by Gasteiger charge is 2.23. The van der Waals surface area contributed by atoms with Gasteiger partial charge in [-0.05, 0) is 26.0 Å². The van der Waals surface area contributed by atoms with E-state index in [1.807, 2.05) is 26.0 Å². The van der Waals surface area contributed by atoms with Crippen LogP contribution in [0.2, 0.25) is 0 Å². The minimum absolute atomic E-state index is 0.0675. The molecule has 0 N–H and O–H groups in total. The summed E-state index contributed by atoms with van der Waals surface area (Å²) >= 11 is 0. The van der Waals surface area contributed by atoms with Crippen LogP contribution in [0.15, 0.2) is 24.5 Å². The molecule has 0 saturated carbocycles. The first kappa shape index (κ1) is 14.4. The Labute approximate surface area is 129 Å². The summed E-state index contributed by atoms with van der Waals surface area (Å²) in [5.74, 6) is 0.787. The molecule has 22 heavy (non-hydrogen) atoms. The maximum Gasteiger partial charge on any atom is 0.274 e. The maximum atomic E-state index is 12.4. The summed E-state index contributed by atoms with van der Waals surface area (Å²) < 4.78 is 0. The predicted octanol–water partition coefficient (Wildman–Crippen LogP) is 0.846. The van der Waals surface area contributed by atoms with Crippen molar-refractivity contribution in [3.05, 3.63) is 41.6 Å². The fourth-order valence-electron chi connectivity index (χ4n) is 2.36. The summed E-state index contributed by atoms with van der Waals surface area (Å²) in [5, 5.41) is 8.26. The zero-order valence-corrected chi connectivity index (χ0v) is 12.7. The van der Waals surface area contributed by atoms with Gasteiger partial charge in [0.1, 0.15) is 5.69 Å². The number of hydrogen-bond donors (Lipinski definition) is 0. The molecule has 0 unspecified atom stereocenters. The third kappa shape index (κ3) is 3.03. The van der Waals surface area contributed by atoms with Crippen LogP contribution in [-0.4, -0.2) is 57.2 Å². The van der Waals surface area contributed by atoms with Crippen LogP contribution in [0.3, 0.4) is 0 Å². The maximum absolute atomic E-state index is 12.4. The smallest absolute Gasteiger partial charge is 0.274 e. The first-order chi connectivity index (χ1) is 10.6. The minimum Gasteiger partial charge on any atom is -0.352 e. The number of amides is 1. The summed E-state index contributed by atoms with van der Waals surface area (Å²) in [7, 11) is 0. The van der Waals surface area contributed by atoms with E-state index in [-0.39, 0.29) is 5.91 Å². The Morgan fingerprint density at radius 1 is 0.955 bits per heavy atom. The van der Waals surface area contributed by atoms with E-state index in [4.69, 9.17) is 0 Å². The number of rotatable bonds is 2. The Hall–Kier alpha value is -2.57. The topological polar surface area (TPSA) is 75.1 Å². The van der Waals surface area contributed by atoms with Crippen LogP contribution >= 0.6 is 0 Å². The van der Waals surface area contributed by atoms with E-state index in [1.165, 1.54) is 6.20 Å². The predicted molar refractivity (Wildman–Crippen MR) is 81.7 cm³/mol. The van der Waals surface area contributed by atoms with E-state index in [9.17, 15) is 4.79 Å². The molecule has 0 aliphatic carbocycles. The lowest BCUT2D eigenvalue weighted by Crippen LogP contribution is -2.49. The number of piperazine rings is 1. The zero-order valence-electron chi connectivity index (χ0n) is 12.7. The normalized spacial score (nSPS) is 15.0. The first-order valence-corrected chi connectivity index (χ1v) is 7.27. The van der Waals surface area contributed by atoms with Crippen molar-refractivity contribution < 1.29 is 4.79 Å². The van der Waals surface area contributed by atoms with Gasteiger partial charge in [0.25, 0.3) is 5.91 Å². The van der Waals surface area contributed by atoms with Crippen molar-refractivity contribution in [3.8, 4) is 0 Å². The summed E-state index contributed by atoms with van der Waals surface area (Å²) in [6.07, 6.45) is 3.15. The Balaban J connectivity index is 1.62. The average Bonchev–Trinajstić information content (AvgIpc) is 2.56. The molecule has 0 atom stereocenters. The zero-order chi connectivity index (χ0) is 15.5. The fraction of sp³-hybridized carbons (Fsp3) is 0.400. The van der Waals surface area contributed by atoms with Gasteiger partial charge in [-0.1, -0.05) is 0 Å². The number of hydrogen-bond acceptors (Lipinski definition) is 6. The average molecular weight is 298 g/mol. The SMILES string of the molecule is Cc1cnc(C(=O)N2CCN(c3ccc(C)nn3)CC2)cn1. The van der Waals surface area contributed by atoms with Crippen molar-refractivity contribution in [1.29, 1.82) is 0 Å². The minimum atomic E-state index is -0.0675. The summed E-state index contributed by atoms with van der Waals surface area (Å²) in [5.41, 5.74) is 2.10. The molecule has 1 aliphatic rings. The van der Waals surface area contributed by atoms with E-state index >= 15 is 0 Å². The fourth-order valence-corrected chi connectivity index (χ4v) is 2.36. The third-order valence-electron chi connectivity index (χ3n) is 3.67. The Kier molecular flexibility index (Phi) is 3.95. The molecule has 1 aliphatic heterocycles. The molecule has 3 heterocycles. The molecule has 7 heteroatoms. The van der Waals surface area contributed by atoms with Gasteiger partial charge in [0.15, 0.2) is 5.82 Å². The number of aryl methyl sites for hydroxylation is 2. The lowest BCUT2D eigenvalue weighted by Gasteiger charge is -2.34. The molecule has 7 nitrogen and oxygen atoms in total. The van der Waals surface area contributed by atoms with Crippen molar-refractivity contribution >= 4 is 11.7 Å². The Morgan fingerprint density at radius 2 is 1.73 bits per heavy atom. The van der Waals surface area contributed by atoms with Gasteiger partial charge >= 0.3 is 0 Å². The number of nitrogens with zero attached hydrogens (tertiary/aromatic N) is 6. The Bertz CT molecular complexity index is 647. The van der Waals surface area contributed by atoms with E-state index in [2.05, 4.69) is 25.1 Å². The van der Waals surface area contributed by atoms with Gasteiger partial charge in [0, 0.05) is 32.4 Å². The molecule has 3 rings (SSSR count). The highest BCUT2D eigenvalue weighted by Crippen LogP contribution is 2.13. The quantitative estimate of drug-likeness (QED) is 0.818. The molecule has 1 fully saturated rings. The van der Waals surface area contributed by atoms with E-state index < -0.39 is 0 Å². The molecule has 114 valence electrons. The molecule has 0 spiro atoms. The largest absolute Gasteiger partial charge is 0.352 e. The molecule has 1 amide bonds. The molecule has 0 bridgehead atoms. The van der Waals surface area contributed by atoms with Gasteiger partial charge in [-0.15, -0.1) is 5.10 Å². The number of anilines is 1. The summed E-state index contributed by atoms with van der Waals surface area (Å²) in [6.45, 7) is 6.53. The number of carbonyl (C=O) groups excluding carboxylic acids is 1. The second-order valence-corrected chi connectivity index (χ2v) is 5.36. The molecule has 2 aromatic heterocycles. The summed E-state index contributed by atoms with van der Waals surface area (Å²) in [4.78, 5) is 24.6. The summed E-state index contributed by atoms with van der Waals surface area (Å²) in [6, 6.07) is 3.91. The van der Waals surface area contributed by atoms with E-state index in [1.54, 1.807) is 11.1 Å². The van der Waals surface area contributed by atoms with Gasteiger partial charge < -0.3 is 9.80 Å². The second kappa shape index (κ2) is 6.05. The molecule has 0 radical (unpaired) electrons. The molecular weight excluding hydrogens is 280 g/mol. The third-order valence-corrected chi connectivity index (χ3v) is 3.67. The molecule has 0 aromatic carbocycles. The van der Waals surface area contributed by atoms with E-state index in [0.717, 1.165) is 30.3 Å². The van der Waals surface area contributed by atoms with Gasteiger partial charge in [0.2, 0.25) is 0 Å². The van der Waals surface area contributed by atoms with Crippen LogP contribution in [0.1, 0.15) is 21.9 Å². The number of carbonyl (C=O) groups is 1. The first-order valence-electron chi connectivity index (χ1n) is 7.27. The monoisotopic (exact) mass is 298 g/mol. The lowest BCUT2D eigenvalue weighted by molar-refractivity contribution is 0.0740. The van der Waals surface area contributed by atoms with Crippen molar-refractivity contribution in [2.45, 2.75) is 13.8 Å². The standard InChI is InChI=1S/C15H18N6O/c1-11-3-4-14(19-18-11)20-5-7-21(8-6-20)15(22)13-10-16-12(2)9-17-13/h3-4,9-10H,5-8H2,1-2H3. The number of aromatic nitrogens is 4. The molecular formula is C15H18N6O. The van der Waals surface area contributed by atoms with Crippen molar-refractivity contribution in [2.24, 2.45) is 0 Å². The van der Waals surface area contributed by atoms with E-state index in [0.29, 0.717) is 18.8 Å². The lowest BCUT2D eigenvalue weighted by atomic mass is 10.2.